The lowest BCUT2D eigenvalue weighted by molar-refractivity contribution is 0.102. The summed E-state index contributed by atoms with van der Waals surface area (Å²) in [6, 6.07) is 20.0. The molecule has 1 N–H and O–H groups in total. The van der Waals surface area contributed by atoms with Gasteiger partial charge in [0.05, 0.1) is 4.90 Å². The third-order valence-electron chi connectivity index (χ3n) is 5.46. The zero-order valence-corrected chi connectivity index (χ0v) is 17.9. The number of anilines is 1. The van der Waals surface area contributed by atoms with E-state index in [1.807, 2.05) is 50.2 Å². The first-order valence-electron chi connectivity index (χ1n) is 9.90. The number of fused-ring (bicyclic) bond motifs is 1. The minimum Gasteiger partial charge on any atom is -0.322 e. The number of benzene rings is 3. The molecule has 1 heterocycles. The summed E-state index contributed by atoms with van der Waals surface area (Å²) >= 11 is 0. The van der Waals surface area contributed by atoms with Crippen LogP contribution in [0.1, 0.15) is 32.6 Å². The van der Waals surface area contributed by atoms with Crippen molar-refractivity contribution in [2.75, 3.05) is 11.9 Å². The van der Waals surface area contributed by atoms with Gasteiger partial charge in [-0.3, -0.25) is 4.79 Å². The van der Waals surface area contributed by atoms with Crippen molar-refractivity contribution >= 4 is 21.6 Å². The molecule has 0 atom stereocenters. The maximum atomic E-state index is 13.0. The first-order valence-corrected chi connectivity index (χ1v) is 11.3. The van der Waals surface area contributed by atoms with Gasteiger partial charge in [0.25, 0.3) is 5.91 Å². The van der Waals surface area contributed by atoms with Crippen LogP contribution in [0.25, 0.3) is 0 Å². The van der Waals surface area contributed by atoms with Gasteiger partial charge in [-0.1, -0.05) is 42.0 Å². The van der Waals surface area contributed by atoms with E-state index in [1.165, 1.54) is 4.31 Å². The SMILES string of the molecule is Cc1ccc(C)c(C(=O)Nc2ccc3c(c2)CN(S(=O)(=O)c2ccccc2)CC3)c1. The highest BCUT2D eigenvalue weighted by Crippen LogP contribution is 2.27. The lowest BCUT2D eigenvalue weighted by Crippen LogP contribution is -2.36. The van der Waals surface area contributed by atoms with Crippen molar-refractivity contribution in [3.8, 4) is 0 Å². The van der Waals surface area contributed by atoms with Crippen LogP contribution in [0, 0.1) is 13.8 Å². The summed E-state index contributed by atoms with van der Waals surface area (Å²) in [5.41, 5.74) is 5.27. The molecule has 6 heteroatoms. The number of aryl methyl sites for hydroxylation is 2. The molecule has 154 valence electrons. The molecule has 0 aromatic heterocycles. The Morgan fingerprint density at radius 1 is 0.933 bits per heavy atom. The Kier molecular flexibility index (Phi) is 5.45. The van der Waals surface area contributed by atoms with Gasteiger partial charge in [-0.2, -0.15) is 4.31 Å². The van der Waals surface area contributed by atoms with E-state index in [0.717, 1.165) is 22.3 Å². The number of carbonyl (C=O) groups is 1. The molecule has 0 spiro atoms. The van der Waals surface area contributed by atoms with Crippen molar-refractivity contribution < 1.29 is 13.2 Å². The molecule has 0 radical (unpaired) electrons. The second kappa shape index (κ2) is 8.05. The second-order valence-corrected chi connectivity index (χ2v) is 9.60. The van der Waals surface area contributed by atoms with E-state index in [9.17, 15) is 13.2 Å². The number of nitrogens with one attached hydrogen (secondary N) is 1. The molecule has 0 fully saturated rings. The van der Waals surface area contributed by atoms with Crippen molar-refractivity contribution in [1.82, 2.24) is 4.31 Å². The molecule has 0 unspecified atom stereocenters. The largest absolute Gasteiger partial charge is 0.322 e. The van der Waals surface area contributed by atoms with E-state index in [2.05, 4.69) is 5.32 Å². The summed E-state index contributed by atoms with van der Waals surface area (Å²) in [6.07, 6.45) is 0.645. The highest BCUT2D eigenvalue weighted by Gasteiger charge is 2.28. The lowest BCUT2D eigenvalue weighted by atomic mass is 10.00. The van der Waals surface area contributed by atoms with Crippen LogP contribution in [0.3, 0.4) is 0 Å². The van der Waals surface area contributed by atoms with Crippen molar-refractivity contribution in [3.05, 3.63) is 94.5 Å². The fourth-order valence-electron chi connectivity index (χ4n) is 3.73. The summed E-state index contributed by atoms with van der Waals surface area (Å²) in [7, 11) is -3.55. The maximum absolute atomic E-state index is 13.0. The Labute approximate surface area is 177 Å². The predicted octanol–water partition coefficient (Wildman–Crippen LogP) is 4.30. The Morgan fingerprint density at radius 3 is 2.47 bits per heavy atom. The van der Waals surface area contributed by atoms with Gasteiger partial charge in [0.1, 0.15) is 0 Å². The quantitative estimate of drug-likeness (QED) is 0.684. The molecular formula is C24H24N2O3S. The number of amides is 1. The summed E-state index contributed by atoms with van der Waals surface area (Å²) in [5, 5.41) is 2.95. The van der Waals surface area contributed by atoms with Gasteiger partial charge in [0.15, 0.2) is 0 Å². The first-order chi connectivity index (χ1) is 14.3. The van der Waals surface area contributed by atoms with Crippen LogP contribution in [0.2, 0.25) is 0 Å². The van der Waals surface area contributed by atoms with Gasteiger partial charge in [-0.15, -0.1) is 0 Å². The maximum Gasteiger partial charge on any atom is 0.255 e. The summed E-state index contributed by atoms with van der Waals surface area (Å²) in [4.78, 5) is 13.0. The van der Waals surface area contributed by atoms with E-state index >= 15 is 0 Å². The van der Waals surface area contributed by atoms with Gasteiger partial charge in [-0.05, 0) is 67.3 Å². The number of hydrogen-bond acceptors (Lipinski definition) is 3. The van der Waals surface area contributed by atoms with E-state index < -0.39 is 10.0 Å². The molecule has 3 aromatic carbocycles. The summed E-state index contributed by atoms with van der Waals surface area (Å²) in [5.74, 6) is -0.166. The molecule has 5 nitrogen and oxygen atoms in total. The molecule has 1 aliphatic heterocycles. The Bertz CT molecular complexity index is 1200. The summed E-state index contributed by atoms with van der Waals surface area (Å²) in [6.45, 7) is 4.60. The molecule has 0 saturated heterocycles. The standard InChI is InChI=1S/C24H24N2O3S/c1-17-8-9-18(2)23(14-17)24(27)25-21-11-10-19-12-13-26(16-20(19)15-21)30(28,29)22-6-4-3-5-7-22/h3-11,14-15H,12-13,16H2,1-2H3,(H,25,27). The van der Waals surface area contributed by atoms with Crippen LogP contribution in [-0.2, 0) is 23.0 Å². The predicted molar refractivity (Wildman–Crippen MR) is 118 cm³/mol. The molecule has 1 aliphatic rings. The van der Waals surface area contributed by atoms with Crippen LogP contribution in [0.5, 0.6) is 0 Å². The first kappa shape index (κ1) is 20.3. The van der Waals surface area contributed by atoms with Gasteiger partial charge >= 0.3 is 0 Å². The van der Waals surface area contributed by atoms with E-state index in [0.29, 0.717) is 35.7 Å². The third kappa shape index (κ3) is 4.01. The molecule has 4 rings (SSSR count). The molecule has 1 amide bonds. The van der Waals surface area contributed by atoms with Crippen LogP contribution in [0.15, 0.2) is 71.6 Å². The lowest BCUT2D eigenvalue weighted by Gasteiger charge is -2.28. The summed E-state index contributed by atoms with van der Waals surface area (Å²) < 4.78 is 27.4. The molecule has 30 heavy (non-hydrogen) atoms. The van der Waals surface area contributed by atoms with Crippen molar-refractivity contribution in [2.24, 2.45) is 0 Å². The molecular weight excluding hydrogens is 396 g/mol. The number of carbonyl (C=O) groups excluding carboxylic acids is 1. The van der Waals surface area contributed by atoms with Crippen molar-refractivity contribution in [3.63, 3.8) is 0 Å². The molecule has 0 aliphatic carbocycles. The van der Waals surface area contributed by atoms with Crippen molar-refractivity contribution in [1.29, 1.82) is 0 Å². The minimum absolute atomic E-state index is 0.166. The van der Waals surface area contributed by atoms with Gasteiger partial charge < -0.3 is 5.32 Å². The topological polar surface area (TPSA) is 66.5 Å². The highest BCUT2D eigenvalue weighted by molar-refractivity contribution is 7.89. The normalized spacial score (nSPS) is 14.2. The van der Waals surface area contributed by atoms with E-state index in [4.69, 9.17) is 0 Å². The van der Waals surface area contributed by atoms with Gasteiger partial charge in [0.2, 0.25) is 10.0 Å². The Hall–Kier alpha value is -2.96. The average molecular weight is 421 g/mol. The fraction of sp³-hybridized carbons (Fsp3) is 0.208. The number of rotatable bonds is 4. The average Bonchev–Trinajstić information content (AvgIpc) is 2.75. The molecule has 3 aromatic rings. The van der Waals surface area contributed by atoms with Crippen LogP contribution < -0.4 is 5.32 Å². The number of hydrogen-bond donors (Lipinski definition) is 1. The van der Waals surface area contributed by atoms with Gasteiger partial charge in [-0.25, -0.2) is 8.42 Å². The monoisotopic (exact) mass is 420 g/mol. The zero-order valence-electron chi connectivity index (χ0n) is 17.1. The number of nitrogens with zero attached hydrogens (tertiary/aromatic N) is 1. The Balaban J connectivity index is 1.56. The highest BCUT2D eigenvalue weighted by atomic mass is 32.2. The van der Waals surface area contributed by atoms with Crippen LogP contribution in [0.4, 0.5) is 5.69 Å². The van der Waals surface area contributed by atoms with Crippen LogP contribution in [-0.4, -0.2) is 25.2 Å². The Morgan fingerprint density at radius 2 is 1.70 bits per heavy atom. The smallest absolute Gasteiger partial charge is 0.255 e. The van der Waals surface area contributed by atoms with E-state index in [-0.39, 0.29) is 5.91 Å². The molecule has 0 saturated carbocycles. The third-order valence-corrected chi connectivity index (χ3v) is 7.32. The number of sulfonamides is 1. The van der Waals surface area contributed by atoms with Crippen LogP contribution >= 0.6 is 0 Å². The molecule has 0 bridgehead atoms. The minimum atomic E-state index is -3.55. The second-order valence-electron chi connectivity index (χ2n) is 7.66. The van der Waals surface area contributed by atoms with Crippen molar-refractivity contribution in [2.45, 2.75) is 31.7 Å². The van der Waals surface area contributed by atoms with E-state index in [1.54, 1.807) is 30.3 Å². The van der Waals surface area contributed by atoms with Gasteiger partial charge in [0, 0.05) is 24.3 Å². The zero-order chi connectivity index (χ0) is 21.3. The fourth-order valence-corrected chi connectivity index (χ4v) is 5.17.